The normalized spacial score (nSPS) is 11.6. The first-order valence-electron chi connectivity index (χ1n) is 7.59. The minimum atomic E-state index is 0.788. The molecule has 4 heteroatoms. The Kier molecular flexibility index (Phi) is 5.26. The summed E-state index contributed by atoms with van der Waals surface area (Å²) in [6, 6.07) is 10.7. The van der Waals surface area contributed by atoms with Gasteiger partial charge in [-0.15, -0.1) is 0 Å². The van der Waals surface area contributed by atoms with Crippen LogP contribution in [0.25, 0.3) is 0 Å². The van der Waals surface area contributed by atoms with Crippen LogP contribution in [0.2, 0.25) is 0 Å². The van der Waals surface area contributed by atoms with Crippen molar-refractivity contribution < 1.29 is 0 Å². The molecule has 2 rings (SSSR count). The van der Waals surface area contributed by atoms with Crippen molar-refractivity contribution >= 4 is 5.96 Å². The number of aryl methyl sites for hydroxylation is 3. The number of hydrogen-bond donors (Lipinski definition) is 1. The van der Waals surface area contributed by atoms with E-state index in [0.29, 0.717) is 0 Å². The molecule has 1 N–H and O–H groups in total. The van der Waals surface area contributed by atoms with Crippen molar-refractivity contribution in [1.29, 1.82) is 0 Å². The van der Waals surface area contributed by atoms with E-state index in [1.165, 1.54) is 22.4 Å². The molecule has 22 heavy (non-hydrogen) atoms. The van der Waals surface area contributed by atoms with Gasteiger partial charge in [0, 0.05) is 39.6 Å². The van der Waals surface area contributed by atoms with Gasteiger partial charge in [0.15, 0.2) is 5.96 Å². The third kappa shape index (κ3) is 3.91. The predicted octanol–water partition coefficient (Wildman–Crippen LogP) is 2.85. The number of aliphatic imine (C=N–C) groups is 1. The molecule has 2 aromatic rings. The van der Waals surface area contributed by atoms with E-state index in [4.69, 9.17) is 0 Å². The van der Waals surface area contributed by atoms with Crippen molar-refractivity contribution in [3.63, 3.8) is 0 Å². The molecule has 0 saturated carbocycles. The van der Waals surface area contributed by atoms with Crippen LogP contribution in [-0.2, 0) is 20.1 Å². The van der Waals surface area contributed by atoms with Crippen LogP contribution in [0, 0.1) is 13.8 Å². The highest BCUT2D eigenvalue weighted by molar-refractivity contribution is 5.79. The zero-order valence-corrected chi connectivity index (χ0v) is 14.2. The fourth-order valence-corrected chi connectivity index (χ4v) is 2.58. The summed E-state index contributed by atoms with van der Waals surface area (Å²) in [5.74, 6) is 0.904. The van der Waals surface area contributed by atoms with Crippen LogP contribution in [0.4, 0.5) is 0 Å². The van der Waals surface area contributed by atoms with Gasteiger partial charge in [0.05, 0.1) is 6.54 Å². The minimum absolute atomic E-state index is 0.788. The van der Waals surface area contributed by atoms with Crippen LogP contribution in [-0.4, -0.2) is 29.5 Å². The fraction of sp³-hybridized carbons (Fsp3) is 0.389. The molecule has 0 atom stereocenters. The molecule has 0 aliphatic carbocycles. The first kappa shape index (κ1) is 16.1. The quantitative estimate of drug-likeness (QED) is 0.695. The molecule has 0 radical (unpaired) electrons. The molecule has 0 aliphatic rings. The Balaban J connectivity index is 1.98. The second kappa shape index (κ2) is 7.16. The van der Waals surface area contributed by atoms with Crippen molar-refractivity contribution in [2.45, 2.75) is 26.9 Å². The third-order valence-electron chi connectivity index (χ3n) is 3.96. The van der Waals surface area contributed by atoms with Crippen LogP contribution < -0.4 is 5.32 Å². The largest absolute Gasteiger partial charge is 0.353 e. The number of nitrogens with one attached hydrogen (secondary N) is 1. The fourth-order valence-electron chi connectivity index (χ4n) is 2.58. The van der Waals surface area contributed by atoms with E-state index < -0.39 is 0 Å². The standard InChI is InChI=1S/C18H26N4/c1-14-8-9-16(15(2)11-14)12-20-18(19-3)22(5)13-17-7-6-10-21(17)4/h6-11H,12-13H2,1-5H3,(H,19,20). The summed E-state index contributed by atoms with van der Waals surface area (Å²) in [5.41, 5.74) is 5.18. The molecule has 1 aromatic carbocycles. The van der Waals surface area contributed by atoms with Crippen LogP contribution in [0.15, 0.2) is 41.5 Å². The van der Waals surface area contributed by atoms with Gasteiger partial charge in [-0.3, -0.25) is 4.99 Å². The smallest absolute Gasteiger partial charge is 0.194 e. The van der Waals surface area contributed by atoms with Crippen LogP contribution in [0.5, 0.6) is 0 Å². The van der Waals surface area contributed by atoms with E-state index in [1.54, 1.807) is 0 Å². The first-order chi connectivity index (χ1) is 10.5. The summed E-state index contributed by atoms with van der Waals surface area (Å²) in [7, 11) is 5.95. The third-order valence-corrected chi connectivity index (χ3v) is 3.96. The van der Waals surface area contributed by atoms with Crippen LogP contribution in [0.1, 0.15) is 22.4 Å². The Bertz CT molecular complexity index is 655. The molecule has 0 saturated heterocycles. The van der Waals surface area contributed by atoms with E-state index >= 15 is 0 Å². The number of nitrogens with zero attached hydrogens (tertiary/aromatic N) is 3. The SMILES string of the molecule is CN=C(NCc1ccc(C)cc1C)N(C)Cc1cccn1C. The highest BCUT2D eigenvalue weighted by atomic mass is 15.3. The van der Waals surface area contributed by atoms with Gasteiger partial charge in [-0.2, -0.15) is 0 Å². The van der Waals surface area contributed by atoms with Gasteiger partial charge < -0.3 is 14.8 Å². The van der Waals surface area contributed by atoms with Crippen LogP contribution >= 0.6 is 0 Å². The summed E-state index contributed by atoms with van der Waals surface area (Å²) < 4.78 is 2.13. The monoisotopic (exact) mass is 298 g/mol. The number of rotatable bonds is 4. The van der Waals surface area contributed by atoms with E-state index in [2.05, 4.69) is 84.2 Å². The van der Waals surface area contributed by atoms with Gasteiger partial charge in [0.1, 0.15) is 0 Å². The Labute approximate surface area is 133 Å². The van der Waals surface area contributed by atoms with Gasteiger partial charge >= 0.3 is 0 Å². The van der Waals surface area contributed by atoms with Crippen molar-refractivity contribution in [2.75, 3.05) is 14.1 Å². The van der Waals surface area contributed by atoms with E-state index in [-0.39, 0.29) is 0 Å². The first-order valence-corrected chi connectivity index (χ1v) is 7.59. The summed E-state index contributed by atoms with van der Waals surface area (Å²) in [4.78, 5) is 6.52. The maximum atomic E-state index is 4.38. The molecule has 0 aliphatic heterocycles. The van der Waals surface area contributed by atoms with Gasteiger partial charge in [-0.25, -0.2) is 0 Å². The molecule has 118 valence electrons. The lowest BCUT2D eigenvalue weighted by atomic mass is 10.1. The maximum Gasteiger partial charge on any atom is 0.194 e. The molecule has 0 bridgehead atoms. The van der Waals surface area contributed by atoms with Crippen molar-refractivity contribution in [3.8, 4) is 0 Å². The second-order valence-electron chi connectivity index (χ2n) is 5.80. The minimum Gasteiger partial charge on any atom is -0.353 e. The molecule has 0 unspecified atom stereocenters. The highest BCUT2D eigenvalue weighted by Gasteiger charge is 2.08. The average molecular weight is 298 g/mol. The predicted molar refractivity (Wildman–Crippen MR) is 93.0 cm³/mol. The number of hydrogen-bond acceptors (Lipinski definition) is 1. The molecule has 4 nitrogen and oxygen atoms in total. The molecule has 0 fully saturated rings. The number of aromatic nitrogens is 1. The Morgan fingerprint density at radius 3 is 2.64 bits per heavy atom. The lowest BCUT2D eigenvalue weighted by molar-refractivity contribution is 0.461. The number of benzene rings is 1. The molecule has 0 amide bonds. The van der Waals surface area contributed by atoms with E-state index in [0.717, 1.165) is 19.0 Å². The average Bonchev–Trinajstić information content (AvgIpc) is 2.87. The van der Waals surface area contributed by atoms with Gasteiger partial charge in [-0.05, 0) is 37.1 Å². The van der Waals surface area contributed by atoms with Crippen molar-refractivity contribution in [3.05, 3.63) is 58.9 Å². The van der Waals surface area contributed by atoms with Gasteiger partial charge in [0.2, 0.25) is 0 Å². The number of guanidine groups is 1. The Morgan fingerprint density at radius 1 is 1.27 bits per heavy atom. The van der Waals surface area contributed by atoms with Crippen LogP contribution in [0.3, 0.4) is 0 Å². The van der Waals surface area contributed by atoms with Gasteiger partial charge in [-0.1, -0.05) is 23.8 Å². The van der Waals surface area contributed by atoms with E-state index in [9.17, 15) is 0 Å². The zero-order valence-electron chi connectivity index (χ0n) is 14.2. The summed E-state index contributed by atoms with van der Waals surface area (Å²) in [6.45, 7) is 5.89. The topological polar surface area (TPSA) is 32.6 Å². The Hall–Kier alpha value is -2.23. The molecule has 1 aromatic heterocycles. The molecular formula is C18H26N4. The van der Waals surface area contributed by atoms with Gasteiger partial charge in [0.25, 0.3) is 0 Å². The summed E-state index contributed by atoms with van der Waals surface area (Å²) in [6.07, 6.45) is 2.06. The summed E-state index contributed by atoms with van der Waals surface area (Å²) in [5, 5.41) is 3.44. The van der Waals surface area contributed by atoms with Crippen molar-refractivity contribution in [2.24, 2.45) is 12.0 Å². The zero-order chi connectivity index (χ0) is 16.1. The summed E-state index contributed by atoms with van der Waals surface area (Å²) >= 11 is 0. The van der Waals surface area contributed by atoms with E-state index in [1.807, 2.05) is 7.05 Å². The molecular weight excluding hydrogens is 272 g/mol. The van der Waals surface area contributed by atoms with Crippen molar-refractivity contribution in [1.82, 2.24) is 14.8 Å². The molecule has 1 heterocycles. The Morgan fingerprint density at radius 2 is 2.05 bits per heavy atom. The molecule has 0 spiro atoms. The highest BCUT2D eigenvalue weighted by Crippen LogP contribution is 2.10. The maximum absolute atomic E-state index is 4.38. The lowest BCUT2D eigenvalue weighted by Gasteiger charge is -2.22. The lowest BCUT2D eigenvalue weighted by Crippen LogP contribution is -2.38. The second-order valence-corrected chi connectivity index (χ2v) is 5.80.